The Hall–Kier alpha value is -2.41. The van der Waals surface area contributed by atoms with Crippen LogP contribution in [-0.4, -0.2) is 43.5 Å². The van der Waals surface area contributed by atoms with Gasteiger partial charge in [0.1, 0.15) is 5.75 Å². The van der Waals surface area contributed by atoms with Crippen molar-refractivity contribution in [1.29, 1.82) is 0 Å². The van der Waals surface area contributed by atoms with Crippen LogP contribution >= 0.6 is 0 Å². The summed E-state index contributed by atoms with van der Waals surface area (Å²) < 4.78 is 15.8. The maximum atomic E-state index is 12.5. The third-order valence-corrected chi connectivity index (χ3v) is 4.47. The SMILES string of the molecule is COC(=O)C(COCc1ccccc1)(NCc1ccc(OC)cc1)[C@@H](C)O. The Labute approximate surface area is 160 Å². The Balaban J connectivity index is 2.09. The molecule has 2 N–H and O–H groups in total. The van der Waals surface area contributed by atoms with Crippen molar-refractivity contribution in [3.05, 3.63) is 65.7 Å². The van der Waals surface area contributed by atoms with Gasteiger partial charge in [-0.3, -0.25) is 5.32 Å². The minimum absolute atomic E-state index is 0.0254. The zero-order chi connectivity index (χ0) is 19.7. The lowest BCUT2D eigenvalue weighted by molar-refractivity contribution is -0.158. The van der Waals surface area contributed by atoms with Gasteiger partial charge in [0.2, 0.25) is 0 Å². The van der Waals surface area contributed by atoms with Crippen LogP contribution in [0.5, 0.6) is 5.75 Å². The van der Waals surface area contributed by atoms with Gasteiger partial charge in [0, 0.05) is 6.54 Å². The molecular weight excluding hydrogens is 346 g/mol. The molecule has 1 unspecified atom stereocenters. The number of hydrogen-bond acceptors (Lipinski definition) is 6. The summed E-state index contributed by atoms with van der Waals surface area (Å²) in [6.45, 7) is 2.21. The van der Waals surface area contributed by atoms with Crippen LogP contribution in [0.2, 0.25) is 0 Å². The highest BCUT2D eigenvalue weighted by molar-refractivity contribution is 5.81. The molecule has 6 heteroatoms. The molecule has 2 rings (SSSR count). The topological polar surface area (TPSA) is 77.0 Å². The van der Waals surface area contributed by atoms with Gasteiger partial charge in [-0.2, -0.15) is 0 Å². The molecule has 0 aliphatic heterocycles. The highest BCUT2D eigenvalue weighted by Crippen LogP contribution is 2.18. The van der Waals surface area contributed by atoms with Crippen LogP contribution in [0.1, 0.15) is 18.1 Å². The molecule has 0 saturated heterocycles. The lowest BCUT2D eigenvalue weighted by Gasteiger charge is -2.34. The zero-order valence-corrected chi connectivity index (χ0v) is 16.0. The molecule has 0 aromatic heterocycles. The van der Waals surface area contributed by atoms with E-state index in [1.165, 1.54) is 7.11 Å². The number of methoxy groups -OCH3 is 2. The first-order valence-electron chi connectivity index (χ1n) is 8.78. The molecule has 27 heavy (non-hydrogen) atoms. The van der Waals surface area contributed by atoms with E-state index in [0.29, 0.717) is 13.2 Å². The fourth-order valence-corrected chi connectivity index (χ4v) is 2.71. The predicted octanol–water partition coefficient (Wildman–Crippen LogP) is 2.29. The predicted molar refractivity (Wildman–Crippen MR) is 102 cm³/mol. The first-order valence-corrected chi connectivity index (χ1v) is 8.78. The number of esters is 1. The minimum Gasteiger partial charge on any atom is -0.497 e. The molecule has 146 valence electrons. The molecule has 0 aliphatic carbocycles. The zero-order valence-electron chi connectivity index (χ0n) is 16.0. The van der Waals surface area contributed by atoms with Crippen molar-refractivity contribution in [2.45, 2.75) is 31.7 Å². The Kier molecular flexibility index (Phi) is 7.79. The van der Waals surface area contributed by atoms with Crippen LogP contribution in [0.4, 0.5) is 0 Å². The maximum Gasteiger partial charge on any atom is 0.331 e. The van der Waals surface area contributed by atoms with Gasteiger partial charge >= 0.3 is 5.97 Å². The lowest BCUT2D eigenvalue weighted by atomic mass is 9.93. The summed E-state index contributed by atoms with van der Waals surface area (Å²) in [5.41, 5.74) is 0.550. The van der Waals surface area contributed by atoms with Gasteiger partial charge in [-0.15, -0.1) is 0 Å². The summed E-state index contributed by atoms with van der Waals surface area (Å²) >= 11 is 0. The van der Waals surface area contributed by atoms with E-state index in [1.807, 2.05) is 54.6 Å². The molecule has 6 nitrogen and oxygen atoms in total. The number of rotatable bonds is 10. The van der Waals surface area contributed by atoms with Crippen molar-refractivity contribution in [3.63, 3.8) is 0 Å². The summed E-state index contributed by atoms with van der Waals surface area (Å²) in [5, 5.41) is 13.5. The molecule has 0 spiro atoms. The summed E-state index contributed by atoms with van der Waals surface area (Å²) in [6, 6.07) is 17.1. The van der Waals surface area contributed by atoms with Crippen molar-refractivity contribution in [2.24, 2.45) is 0 Å². The molecule has 0 aliphatic rings. The van der Waals surface area contributed by atoms with Crippen LogP contribution in [0.3, 0.4) is 0 Å². The molecule has 2 aromatic carbocycles. The molecule has 2 aromatic rings. The molecule has 0 fully saturated rings. The molecule has 0 radical (unpaired) electrons. The molecule has 0 saturated carbocycles. The van der Waals surface area contributed by atoms with Gasteiger partial charge in [0.05, 0.1) is 33.5 Å². The van der Waals surface area contributed by atoms with E-state index in [9.17, 15) is 9.90 Å². The van der Waals surface area contributed by atoms with Crippen LogP contribution in [0.15, 0.2) is 54.6 Å². The number of carbonyl (C=O) groups is 1. The molecule has 0 bridgehead atoms. The normalized spacial score (nSPS) is 14.2. The fraction of sp³-hybridized carbons (Fsp3) is 0.381. The van der Waals surface area contributed by atoms with E-state index in [1.54, 1.807) is 14.0 Å². The third-order valence-electron chi connectivity index (χ3n) is 4.47. The first-order chi connectivity index (χ1) is 13.0. The average molecular weight is 373 g/mol. The van der Waals surface area contributed by atoms with Crippen molar-refractivity contribution in [3.8, 4) is 5.75 Å². The third kappa shape index (κ3) is 5.53. The van der Waals surface area contributed by atoms with Gasteiger partial charge in [0.15, 0.2) is 5.54 Å². The number of nitrogens with one attached hydrogen (secondary N) is 1. The highest BCUT2D eigenvalue weighted by Gasteiger charge is 2.44. The van der Waals surface area contributed by atoms with Crippen LogP contribution in [0, 0.1) is 0 Å². The van der Waals surface area contributed by atoms with Gasteiger partial charge in [-0.25, -0.2) is 4.79 Å². The van der Waals surface area contributed by atoms with Crippen LogP contribution in [-0.2, 0) is 27.4 Å². The summed E-state index contributed by atoms with van der Waals surface area (Å²) in [5.74, 6) is 0.179. The van der Waals surface area contributed by atoms with Gasteiger partial charge in [-0.1, -0.05) is 42.5 Å². The monoisotopic (exact) mass is 373 g/mol. The van der Waals surface area contributed by atoms with E-state index in [2.05, 4.69) is 5.32 Å². The molecule has 0 amide bonds. The highest BCUT2D eigenvalue weighted by atomic mass is 16.5. The smallest absolute Gasteiger partial charge is 0.331 e. The fourth-order valence-electron chi connectivity index (χ4n) is 2.71. The quantitative estimate of drug-likeness (QED) is 0.623. The van der Waals surface area contributed by atoms with Crippen molar-refractivity contribution in [1.82, 2.24) is 5.32 Å². The molecule has 0 heterocycles. The van der Waals surface area contributed by atoms with Crippen molar-refractivity contribution >= 4 is 5.97 Å². The van der Waals surface area contributed by atoms with Gasteiger partial charge in [-0.05, 0) is 30.2 Å². The first kappa shape index (κ1) is 20.9. The number of aliphatic hydroxyl groups is 1. The average Bonchev–Trinajstić information content (AvgIpc) is 2.71. The number of hydrogen-bond donors (Lipinski definition) is 2. The Morgan fingerprint density at radius 3 is 2.30 bits per heavy atom. The van der Waals surface area contributed by atoms with Crippen LogP contribution in [0.25, 0.3) is 0 Å². The lowest BCUT2D eigenvalue weighted by Crippen LogP contribution is -2.62. The Bertz CT molecular complexity index is 702. The second-order valence-electron chi connectivity index (χ2n) is 6.32. The summed E-state index contributed by atoms with van der Waals surface area (Å²) in [4.78, 5) is 12.5. The van der Waals surface area contributed by atoms with E-state index in [4.69, 9.17) is 14.2 Å². The number of aliphatic hydroxyl groups excluding tert-OH is 1. The second-order valence-corrected chi connectivity index (χ2v) is 6.32. The molecular formula is C21H27NO5. The number of benzene rings is 2. The van der Waals surface area contributed by atoms with E-state index >= 15 is 0 Å². The largest absolute Gasteiger partial charge is 0.497 e. The molecule has 2 atom stereocenters. The van der Waals surface area contributed by atoms with Crippen molar-refractivity contribution in [2.75, 3.05) is 20.8 Å². The van der Waals surface area contributed by atoms with E-state index in [-0.39, 0.29) is 6.61 Å². The van der Waals surface area contributed by atoms with Crippen LogP contribution < -0.4 is 10.1 Å². The summed E-state index contributed by atoms with van der Waals surface area (Å²) in [7, 11) is 2.90. The second kappa shape index (κ2) is 10.1. The van der Waals surface area contributed by atoms with Gasteiger partial charge < -0.3 is 19.3 Å². The standard InChI is InChI=1S/C21H27NO5/c1-16(23)21(20(24)26-3,15-27-14-18-7-5-4-6-8-18)22-13-17-9-11-19(25-2)12-10-17/h4-12,16,22-23H,13-15H2,1-3H3/t16-,21?/m1/s1. The maximum absolute atomic E-state index is 12.5. The van der Waals surface area contributed by atoms with Gasteiger partial charge in [0.25, 0.3) is 0 Å². The Morgan fingerprint density at radius 2 is 1.74 bits per heavy atom. The van der Waals surface area contributed by atoms with Crippen molar-refractivity contribution < 1.29 is 24.1 Å². The summed E-state index contributed by atoms with van der Waals surface area (Å²) in [6.07, 6.45) is -1.01. The van der Waals surface area contributed by atoms with E-state index in [0.717, 1.165) is 16.9 Å². The minimum atomic E-state index is -1.37. The Morgan fingerprint density at radius 1 is 1.07 bits per heavy atom. The number of ether oxygens (including phenoxy) is 3. The number of carbonyl (C=O) groups excluding carboxylic acids is 1. The van der Waals surface area contributed by atoms with E-state index < -0.39 is 17.6 Å².